The lowest BCUT2D eigenvalue weighted by molar-refractivity contribution is 0.367. The minimum atomic E-state index is -0.207. The molecule has 0 aromatic heterocycles. The average Bonchev–Trinajstić information content (AvgIpc) is 2.84. The quantitative estimate of drug-likeness (QED) is 0.813. The molecule has 2 rings (SSSR count). The molecule has 1 aliphatic carbocycles. The molecule has 82 valence electrons. The van der Waals surface area contributed by atoms with E-state index in [0.717, 1.165) is 18.4 Å². The zero-order valence-electron chi connectivity index (χ0n) is 9.05. The predicted molar refractivity (Wildman–Crippen MR) is 62.3 cm³/mol. The maximum atomic E-state index is 9.88. The summed E-state index contributed by atoms with van der Waals surface area (Å²) >= 11 is 5.81. The number of aromatic hydroxyl groups is 1. The highest BCUT2D eigenvalue weighted by Crippen LogP contribution is 2.51. The van der Waals surface area contributed by atoms with Crippen LogP contribution >= 0.6 is 11.6 Å². The van der Waals surface area contributed by atoms with E-state index in [9.17, 15) is 5.11 Å². The van der Waals surface area contributed by atoms with E-state index in [2.05, 4.69) is 13.8 Å². The van der Waals surface area contributed by atoms with E-state index in [1.165, 1.54) is 0 Å². The Morgan fingerprint density at radius 1 is 1.40 bits per heavy atom. The van der Waals surface area contributed by atoms with Gasteiger partial charge in [-0.15, -0.1) is 0 Å². The van der Waals surface area contributed by atoms with Crippen LogP contribution in [0, 0.1) is 0 Å². The van der Waals surface area contributed by atoms with Gasteiger partial charge >= 0.3 is 0 Å². The second-order valence-corrected chi connectivity index (χ2v) is 5.38. The molecule has 0 bridgehead atoms. The van der Waals surface area contributed by atoms with Crippen LogP contribution in [0.25, 0.3) is 0 Å². The van der Waals surface area contributed by atoms with E-state index in [1.807, 2.05) is 6.07 Å². The van der Waals surface area contributed by atoms with Crippen LogP contribution in [0.4, 0.5) is 0 Å². The molecule has 0 atom stereocenters. The van der Waals surface area contributed by atoms with Gasteiger partial charge in [0, 0.05) is 21.5 Å². The van der Waals surface area contributed by atoms with E-state index in [-0.39, 0.29) is 16.7 Å². The van der Waals surface area contributed by atoms with E-state index in [0.29, 0.717) is 5.02 Å². The second kappa shape index (κ2) is 3.13. The first-order chi connectivity index (χ1) is 6.87. The molecule has 1 aromatic rings. The van der Waals surface area contributed by atoms with Gasteiger partial charge in [0.2, 0.25) is 0 Å². The SMILES string of the molecule is CC(C)(c1ccc(Cl)cc1O)C1(N)CC1. The molecule has 0 heterocycles. The first-order valence-corrected chi connectivity index (χ1v) is 5.52. The maximum absolute atomic E-state index is 9.88. The third kappa shape index (κ3) is 1.62. The Labute approximate surface area is 95.1 Å². The van der Waals surface area contributed by atoms with Crippen molar-refractivity contribution in [1.82, 2.24) is 0 Å². The van der Waals surface area contributed by atoms with Crippen molar-refractivity contribution in [2.45, 2.75) is 37.6 Å². The van der Waals surface area contributed by atoms with E-state index < -0.39 is 0 Å². The Balaban J connectivity index is 2.45. The summed E-state index contributed by atoms with van der Waals surface area (Å²) < 4.78 is 0. The largest absolute Gasteiger partial charge is 0.508 e. The van der Waals surface area contributed by atoms with Gasteiger partial charge in [-0.3, -0.25) is 0 Å². The minimum absolute atomic E-state index is 0.168. The molecule has 0 unspecified atom stereocenters. The minimum Gasteiger partial charge on any atom is -0.508 e. The van der Waals surface area contributed by atoms with Gasteiger partial charge in [0.05, 0.1) is 0 Å². The Bertz CT molecular complexity index is 397. The standard InChI is InChI=1S/C12H16ClNO/c1-11(2,12(14)5-6-12)9-4-3-8(13)7-10(9)15/h3-4,7,15H,5-6,14H2,1-2H3. The molecule has 0 aliphatic heterocycles. The molecule has 0 radical (unpaired) electrons. The zero-order chi connectivity index (χ0) is 11.3. The third-order valence-electron chi connectivity index (χ3n) is 3.67. The summed E-state index contributed by atoms with van der Waals surface area (Å²) in [5.74, 6) is 0.240. The number of rotatable bonds is 2. The number of halogens is 1. The smallest absolute Gasteiger partial charge is 0.120 e. The fourth-order valence-electron chi connectivity index (χ4n) is 2.06. The van der Waals surface area contributed by atoms with Crippen molar-refractivity contribution in [3.63, 3.8) is 0 Å². The lowest BCUT2D eigenvalue weighted by Gasteiger charge is -2.33. The number of hydrogen-bond donors (Lipinski definition) is 2. The zero-order valence-corrected chi connectivity index (χ0v) is 9.80. The van der Waals surface area contributed by atoms with Gasteiger partial charge in [-0.05, 0) is 25.0 Å². The summed E-state index contributed by atoms with van der Waals surface area (Å²) in [5.41, 5.74) is 6.73. The lowest BCUT2D eigenvalue weighted by atomic mass is 9.75. The van der Waals surface area contributed by atoms with Crippen LogP contribution in [-0.4, -0.2) is 10.6 Å². The van der Waals surface area contributed by atoms with Gasteiger partial charge in [0.15, 0.2) is 0 Å². The Kier molecular flexibility index (Phi) is 2.25. The molecule has 1 aromatic carbocycles. The molecule has 0 saturated heterocycles. The van der Waals surface area contributed by atoms with Crippen LogP contribution in [-0.2, 0) is 5.41 Å². The van der Waals surface area contributed by atoms with Gasteiger partial charge in [0.1, 0.15) is 5.75 Å². The first-order valence-electron chi connectivity index (χ1n) is 5.15. The average molecular weight is 226 g/mol. The fourth-order valence-corrected chi connectivity index (χ4v) is 2.23. The normalized spacial score (nSPS) is 18.9. The van der Waals surface area contributed by atoms with Gasteiger partial charge < -0.3 is 10.8 Å². The van der Waals surface area contributed by atoms with E-state index >= 15 is 0 Å². The van der Waals surface area contributed by atoms with Crippen molar-refractivity contribution in [3.05, 3.63) is 28.8 Å². The maximum Gasteiger partial charge on any atom is 0.120 e. The molecule has 2 nitrogen and oxygen atoms in total. The van der Waals surface area contributed by atoms with Crippen molar-refractivity contribution >= 4 is 11.6 Å². The molecule has 15 heavy (non-hydrogen) atoms. The summed E-state index contributed by atoms with van der Waals surface area (Å²) in [6.07, 6.45) is 2.03. The monoisotopic (exact) mass is 225 g/mol. The molecule has 1 saturated carbocycles. The number of phenolic OH excluding ortho intramolecular Hbond substituents is 1. The highest BCUT2D eigenvalue weighted by molar-refractivity contribution is 6.30. The Morgan fingerprint density at radius 3 is 2.47 bits per heavy atom. The summed E-state index contributed by atoms with van der Waals surface area (Å²) in [7, 11) is 0. The topological polar surface area (TPSA) is 46.2 Å². The fraction of sp³-hybridized carbons (Fsp3) is 0.500. The van der Waals surface area contributed by atoms with Crippen LogP contribution in [0.3, 0.4) is 0 Å². The summed E-state index contributed by atoms with van der Waals surface area (Å²) in [6, 6.07) is 5.24. The van der Waals surface area contributed by atoms with Gasteiger partial charge in [-0.2, -0.15) is 0 Å². The molecule has 0 spiro atoms. The summed E-state index contributed by atoms with van der Waals surface area (Å²) in [6.45, 7) is 4.14. The first kappa shape index (κ1) is 10.8. The second-order valence-electron chi connectivity index (χ2n) is 4.94. The van der Waals surface area contributed by atoms with Crippen LogP contribution in [0.5, 0.6) is 5.75 Å². The molecule has 3 N–H and O–H groups in total. The van der Waals surface area contributed by atoms with E-state index in [1.54, 1.807) is 12.1 Å². The van der Waals surface area contributed by atoms with Crippen molar-refractivity contribution in [1.29, 1.82) is 0 Å². The van der Waals surface area contributed by atoms with Crippen molar-refractivity contribution in [3.8, 4) is 5.75 Å². The highest BCUT2D eigenvalue weighted by Gasteiger charge is 2.52. The molecule has 3 heteroatoms. The molecular formula is C12H16ClNO. The number of nitrogens with two attached hydrogens (primary N) is 1. The molecule has 0 amide bonds. The number of benzene rings is 1. The summed E-state index contributed by atoms with van der Waals surface area (Å²) in [4.78, 5) is 0. The van der Waals surface area contributed by atoms with Crippen molar-refractivity contribution in [2.24, 2.45) is 5.73 Å². The number of phenols is 1. The number of hydrogen-bond acceptors (Lipinski definition) is 2. The Hall–Kier alpha value is -0.730. The van der Waals surface area contributed by atoms with Crippen LogP contribution in [0.15, 0.2) is 18.2 Å². The van der Waals surface area contributed by atoms with Crippen LogP contribution < -0.4 is 5.73 Å². The van der Waals surface area contributed by atoms with E-state index in [4.69, 9.17) is 17.3 Å². The van der Waals surface area contributed by atoms with Gasteiger partial charge in [-0.25, -0.2) is 0 Å². The van der Waals surface area contributed by atoms with Crippen molar-refractivity contribution < 1.29 is 5.11 Å². The van der Waals surface area contributed by atoms with Crippen LogP contribution in [0.1, 0.15) is 32.3 Å². The van der Waals surface area contributed by atoms with Gasteiger partial charge in [0.25, 0.3) is 0 Å². The lowest BCUT2D eigenvalue weighted by Crippen LogP contribution is -2.43. The summed E-state index contributed by atoms with van der Waals surface area (Å²) in [5, 5.41) is 10.4. The highest BCUT2D eigenvalue weighted by atomic mass is 35.5. The van der Waals surface area contributed by atoms with Crippen LogP contribution in [0.2, 0.25) is 5.02 Å². The van der Waals surface area contributed by atoms with Gasteiger partial charge in [-0.1, -0.05) is 31.5 Å². The third-order valence-corrected chi connectivity index (χ3v) is 3.90. The molecular weight excluding hydrogens is 210 g/mol. The predicted octanol–water partition coefficient (Wildman–Crippen LogP) is 2.81. The Morgan fingerprint density at radius 2 is 2.00 bits per heavy atom. The molecule has 1 fully saturated rings. The molecule has 1 aliphatic rings. The van der Waals surface area contributed by atoms with Crippen molar-refractivity contribution in [2.75, 3.05) is 0 Å².